The van der Waals surface area contributed by atoms with Gasteiger partial charge in [-0.3, -0.25) is 0 Å². The monoisotopic (exact) mass is 254 g/mol. The Labute approximate surface area is 114 Å². The lowest BCUT2D eigenvalue weighted by molar-refractivity contribution is 0.202. The lowest BCUT2D eigenvalue weighted by Gasteiger charge is -2.29. The molecule has 0 aromatic rings. The van der Waals surface area contributed by atoms with Crippen LogP contribution in [0.4, 0.5) is 0 Å². The summed E-state index contributed by atoms with van der Waals surface area (Å²) in [4.78, 5) is 2.56. The second-order valence-electron chi connectivity index (χ2n) is 7.43. The Bertz CT molecular complexity index is 235. The molecule has 0 radical (unpaired) electrons. The summed E-state index contributed by atoms with van der Waals surface area (Å²) in [6.45, 7) is 10.4. The highest BCUT2D eigenvalue weighted by Gasteiger charge is 2.26. The maximum Gasteiger partial charge on any atom is 0.00924 e. The van der Waals surface area contributed by atoms with Crippen molar-refractivity contribution in [2.24, 2.45) is 17.1 Å². The van der Waals surface area contributed by atoms with Crippen molar-refractivity contribution in [1.29, 1.82) is 0 Å². The van der Waals surface area contributed by atoms with Gasteiger partial charge in [0.1, 0.15) is 0 Å². The standard InChI is InChI=1S/C16H34N2/c1-13(2)15(17)9-12-18(5)14-7-6-10-16(3,4)11-8-14/h13-15H,6-12,17H2,1-5H3. The molecule has 0 saturated heterocycles. The van der Waals surface area contributed by atoms with Crippen LogP contribution >= 0.6 is 0 Å². The molecule has 1 aliphatic rings. The van der Waals surface area contributed by atoms with Crippen molar-refractivity contribution in [2.75, 3.05) is 13.6 Å². The van der Waals surface area contributed by atoms with Gasteiger partial charge in [-0.05, 0) is 57.0 Å². The number of hydrogen-bond acceptors (Lipinski definition) is 2. The lowest BCUT2D eigenvalue weighted by atomic mass is 9.85. The molecule has 1 saturated carbocycles. The zero-order valence-corrected chi connectivity index (χ0v) is 13.2. The van der Waals surface area contributed by atoms with Gasteiger partial charge in [-0.1, -0.05) is 34.1 Å². The van der Waals surface area contributed by atoms with Gasteiger partial charge in [-0.2, -0.15) is 0 Å². The molecule has 0 aromatic carbocycles. The molecule has 2 nitrogen and oxygen atoms in total. The van der Waals surface area contributed by atoms with Crippen LogP contribution in [0.25, 0.3) is 0 Å². The molecule has 108 valence electrons. The molecule has 0 heterocycles. The molecule has 0 amide bonds. The van der Waals surface area contributed by atoms with Crippen LogP contribution < -0.4 is 5.73 Å². The summed E-state index contributed by atoms with van der Waals surface area (Å²) in [5, 5.41) is 0. The normalized spacial score (nSPS) is 26.3. The fourth-order valence-electron chi connectivity index (χ4n) is 2.95. The van der Waals surface area contributed by atoms with E-state index >= 15 is 0 Å². The minimum absolute atomic E-state index is 0.356. The van der Waals surface area contributed by atoms with Gasteiger partial charge in [0, 0.05) is 12.1 Å². The summed E-state index contributed by atoms with van der Waals surface area (Å²) in [6, 6.07) is 1.14. The Kier molecular flexibility index (Phi) is 6.13. The van der Waals surface area contributed by atoms with Crippen molar-refractivity contribution in [3.63, 3.8) is 0 Å². The topological polar surface area (TPSA) is 29.3 Å². The summed E-state index contributed by atoms with van der Waals surface area (Å²) in [6.07, 6.45) is 8.02. The summed E-state index contributed by atoms with van der Waals surface area (Å²) in [7, 11) is 2.29. The SMILES string of the molecule is CC(C)C(N)CCN(C)C1CCCC(C)(C)CC1. The van der Waals surface area contributed by atoms with Gasteiger partial charge in [0.05, 0.1) is 0 Å². The van der Waals surface area contributed by atoms with Crippen LogP contribution in [-0.4, -0.2) is 30.6 Å². The first kappa shape index (κ1) is 16.0. The van der Waals surface area contributed by atoms with Crippen molar-refractivity contribution in [3.8, 4) is 0 Å². The molecule has 1 rings (SSSR count). The van der Waals surface area contributed by atoms with Gasteiger partial charge in [0.2, 0.25) is 0 Å². The summed E-state index contributed by atoms with van der Waals surface area (Å²) in [5.74, 6) is 0.603. The van der Waals surface area contributed by atoms with E-state index in [1.54, 1.807) is 0 Å². The Hall–Kier alpha value is -0.0800. The van der Waals surface area contributed by atoms with E-state index in [1.165, 1.54) is 32.1 Å². The molecule has 2 heteroatoms. The number of nitrogens with two attached hydrogens (primary N) is 1. The van der Waals surface area contributed by atoms with Crippen molar-refractivity contribution in [1.82, 2.24) is 4.90 Å². The Morgan fingerprint density at radius 2 is 1.89 bits per heavy atom. The van der Waals surface area contributed by atoms with E-state index in [9.17, 15) is 0 Å². The van der Waals surface area contributed by atoms with E-state index in [0.29, 0.717) is 17.4 Å². The smallest absolute Gasteiger partial charge is 0.00924 e. The van der Waals surface area contributed by atoms with Gasteiger partial charge >= 0.3 is 0 Å². The third-order valence-corrected chi connectivity index (χ3v) is 4.84. The van der Waals surface area contributed by atoms with E-state index in [0.717, 1.165) is 19.0 Å². The van der Waals surface area contributed by atoms with Crippen molar-refractivity contribution >= 4 is 0 Å². The molecule has 0 aliphatic heterocycles. The minimum atomic E-state index is 0.356. The van der Waals surface area contributed by atoms with E-state index in [1.807, 2.05) is 0 Å². The molecule has 0 aromatic heterocycles. The highest BCUT2D eigenvalue weighted by Crippen LogP contribution is 2.35. The highest BCUT2D eigenvalue weighted by molar-refractivity contribution is 4.81. The molecule has 0 spiro atoms. The van der Waals surface area contributed by atoms with Crippen LogP contribution in [0.5, 0.6) is 0 Å². The summed E-state index contributed by atoms with van der Waals surface area (Å²) in [5.41, 5.74) is 6.70. The van der Waals surface area contributed by atoms with Gasteiger partial charge in [-0.15, -0.1) is 0 Å². The largest absolute Gasteiger partial charge is 0.327 e. The van der Waals surface area contributed by atoms with Crippen LogP contribution in [0.3, 0.4) is 0 Å². The Morgan fingerprint density at radius 3 is 2.50 bits per heavy atom. The van der Waals surface area contributed by atoms with Crippen LogP contribution in [0, 0.1) is 11.3 Å². The summed E-state index contributed by atoms with van der Waals surface area (Å²) >= 11 is 0. The molecule has 1 fully saturated rings. The fourth-order valence-corrected chi connectivity index (χ4v) is 2.95. The maximum absolute atomic E-state index is 6.14. The first-order chi connectivity index (χ1) is 8.32. The van der Waals surface area contributed by atoms with Gasteiger partial charge < -0.3 is 10.6 Å². The third kappa shape index (κ3) is 5.27. The maximum atomic E-state index is 6.14. The van der Waals surface area contributed by atoms with E-state index in [2.05, 4.69) is 39.6 Å². The zero-order valence-electron chi connectivity index (χ0n) is 13.2. The summed E-state index contributed by atoms with van der Waals surface area (Å²) < 4.78 is 0. The van der Waals surface area contributed by atoms with E-state index in [-0.39, 0.29) is 0 Å². The first-order valence-corrected chi connectivity index (χ1v) is 7.77. The van der Waals surface area contributed by atoms with Crippen molar-refractivity contribution in [3.05, 3.63) is 0 Å². The molecule has 2 atom stereocenters. The molecule has 0 bridgehead atoms. The number of nitrogens with zero attached hydrogens (tertiary/aromatic N) is 1. The minimum Gasteiger partial charge on any atom is -0.327 e. The fraction of sp³-hybridized carbons (Fsp3) is 1.00. The van der Waals surface area contributed by atoms with E-state index < -0.39 is 0 Å². The predicted molar refractivity (Wildman–Crippen MR) is 80.7 cm³/mol. The average Bonchev–Trinajstić information content (AvgIpc) is 2.46. The van der Waals surface area contributed by atoms with Crippen molar-refractivity contribution < 1.29 is 0 Å². The number of rotatable bonds is 5. The Morgan fingerprint density at radius 1 is 1.22 bits per heavy atom. The highest BCUT2D eigenvalue weighted by atomic mass is 15.1. The molecule has 18 heavy (non-hydrogen) atoms. The van der Waals surface area contributed by atoms with Gasteiger partial charge in [0.15, 0.2) is 0 Å². The molecule has 2 N–H and O–H groups in total. The second-order valence-corrected chi connectivity index (χ2v) is 7.43. The molecule has 1 aliphatic carbocycles. The van der Waals surface area contributed by atoms with Gasteiger partial charge in [-0.25, -0.2) is 0 Å². The lowest BCUT2D eigenvalue weighted by Crippen LogP contribution is -2.37. The van der Waals surface area contributed by atoms with Crippen molar-refractivity contribution in [2.45, 2.75) is 78.3 Å². The number of hydrogen-bond donors (Lipinski definition) is 1. The van der Waals surface area contributed by atoms with Crippen LogP contribution in [0.1, 0.15) is 66.2 Å². The third-order valence-electron chi connectivity index (χ3n) is 4.84. The average molecular weight is 254 g/mol. The second kappa shape index (κ2) is 6.91. The van der Waals surface area contributed by atoms with Gasteiger partial charge in [0.25, 0.3) is 0 Å². The Balaban J connectivity index is 2.35. The predicted octanol–water partition coefficient (Wildman–Crippen LogP) is 3.65. The van der Waals surface area contributed by atoms with Crippen LogP contribution in [-0.2, 0) is 0 Å². The van der Waals surface area contributed by atoms with Crippen LogP contribution in [0.15, 0.2) is 0 Å². The zero-order chi connectivity index (χ0) is 13.8. The molecule has 2 unspecified atom stereocenters. The molecular formula is C16H34N2. The first-order valence-electron chi connectivity index (χ1n) is 7.77. The quantitative estimate of drug-likeness (QED) is 0.759. The van der Waals surface area contributed by atoms with Crippen LogP contribution in [0.2, 0.25) is 0 Å². The molecular weight excluding hydrogens is 220 g/mol. The van der Waals surface area contributed by atoms with E-state index in [4.69, 9.17) is 5.73 Å².